The molecule has 1 saturated heterocycles. The molecule has 5 heteroatoms. The lowest BCUT2D eigenvalue weighted by atomic mass is 10.2. The number of hydrogen-bond acceptors (Lipinski definition) is 4. The maximum atomic E-state index is 4.96. The standard InChI is InChI=1S/C17H20N4O/c1-2-21-15-7-4-3-6-14(15)18-17(21)16-8-5-10-20(16)12-13-9-11-22-19-13/h3-4,6-7,9,11,16H,2,5,8,10,12H2,1H3. The Labute approximate surface area is 129 Å². The molecule has 0 bridgehead atoms. The van der Waals surface area contributed by atoms with Gasteiger partial charge in [0.25, 0.3) is 0 Å². The summed E-state index contributed by atoms with van der Waals surface area (Å²) in [6.07, 6.45) is 4.00. The highest BCUT2D eigenvalue weighted by Gasteiger charge is 2.30. The minimum absolute atomic E-state index is 0.365. The lowest BCUT2D eigenvalue weighted by Crippen LogP contribution is -2.25. The molecular weight excluding hydrogens is 276 g/mol. The van der Waals surface area contributed by atoms with Crippen LogP contribution in [0.5, 0.6) is 0 Å². The van der Waals surface area contributed by atoms with Crippen molar-refractivity contribution in [2.24, 2.45) is 0 Å². The van der Waals surface area contributed by atoms with E-state index in [4.69, 9.17) is 9.51 Å². The zero-order chi connectivity index (χ0) is 14.9. The van der Waals surface area contributed by atoms with Crippen molar-refractivity contribution in [1.82, 2.24) is 19.6 Å². The number of hydrogen-bond donors (Lipinski definition) is 0. The fourth-order valence-corrected chi connectivity index (χ4v) is 3.52. The van der Waals surface area contributed by atoms with Gasteiger partial charge in [-0.3, -0.25) is 4.90 Å². The van der Waals surface area contributed by atoms with Crippen LogP contribution in [0, 0.1) is 0 Å². The highest BCUT2D eigenvalue weighted by Crippen LogP contribution is 2.34. The summed E-state index contributed by atoms with van der Waals surface area (Å²) < 4.78 is 7.31. The van der Waals surface area contributed by atoms with Crippen molar-refractivity contribution in [2.45, 2.75) is 38.9 Å². The van der Waals surface area contributed by atoms with Gasteiger partial charge in [0.2, 0.25) is 0 Å². The number of likely N-dealkylation sites (tertiary alicyclic amines) is 1. The Morgan fingerprint density at radius 3 is 3.00 bits per heavy atom. The maximum Gasteiger partial charge on any atom is 0.127 e. The van der Waals surface area contributed by atoms with E-state index in [1.165, 1.54) is 17.8 Å². The van der Waals surface area contributed by atoms with Gasteiger partial charge in [0, 0.05) is 19.2 Å². The number of para-hydroxylation sites is 2. The van der Waals surface area contributed by atoms with Gasteiger partial charge in [-0.15, -0.1) is 0 Å². The summed E-state index contributed by atoms with van der Waals surface area (Å²) in [5.41, 5.74) is 3.31. The molecule has 5 nitrogen and oxygen atoms in total. The third-order valence-electron chi connectivity index (χ3n) is 4.52. The van der Waals surface area contributed by atoms with E-state index in [-0.39, 0.29) is 0 Å². The van der Waals surface area contributed by atoms with E-state index in [0.29, 0.717) is 6.04 Å². The molecule has 1 unspecified atom stereocenters. The van der Waals surface area contributed by atoms with E-state index in [0.717, 1.165) is 37.3 Å². The molecule has 0 spiro atoms. The third-order valence-corrected chi connectivity index (χ3v) is 4.52. The van der Waals surface area contributed by atoms with E-state index in [1.54, 1.807) is 6.26 Å². The first-order valence-corrected chi connectivity index (χ1v) is 7.95. The van der Waals surface area contributed by atoms with Crippen LogP contribution in [0.25, 0.3) is 11.0 Å². The molecule has 1 aliphatic heterocycles. The molecule has 0 radical (unpaired) electrons. The van der Waals surface area contributed by atoms with Crippen LogP contribution in [0.4, 0.5) is 0 Å². The van der Waals surface area contributed by atoms with Crippen LogP contribution in [0.1, 0.15) is 37.3 Å². The molecule has 4 rings (SSSR count). The summed E-state index contributed by atoms with van der Waals surface area (Å²) in [7, 11) is 0. The predicted octanol–water partition coefficient (Wildman–Crippen LogP) is 3.38. The van der Waals surface area contributed by atoms with Crippen molar-refractivity contribution in [3.05, 3.63) is 48.1 Å². The van der Waals surface area contributed by atoms with Crippen LogP contribution >= 0.6 is 0 Å². The van der Waals surface area contributed by atoms with Gasteiger partial charge in [0.15, 0.2) is 0 Å². The lowest BCUT2D eigenvalue weighted by Gasteiger charge is -2.23. The minimum Gasteiger partial charge on any atom is -0.364 e. The van der Waals surface area contributed by atoms with Crippen LogP contribution in [-0.2, 0) is 13.1 Å². The Bertz CT molecular complexity index is 762. The van der Waals surface area contributed by atoms with Crippen molar-refractivity contribution in [2.75, 3.05) is 6.54 Å². The number of benzene rings is 1. The summed E-state index contributed by atoms with van der Waals surface area (Å²) in [5.74, 6) is 1.18. The molecule has 0 aliphatic carbocycles. The van der Waals surface area contributed by atoms with E-state index < -0.39 is 0 Å². The Balaban J connectivity index is 1.70. The largest absolute Gasteiger partial charge is 0.364 e. The lowest BCUT2D eigenvalue weighted by molar-refractivity contribution is 0.228. The fourth-order valence-electron chi connectivity index (χ4n) is 3.52. The Morgan fingerprint density at radius 2 is 2.18 bits per heavy atom. The zero-order valence-electron chi connectivity index (χ0n) is 12.8. The van der Waals surface area contributed by atoms with Gasteiger partial charge in [-0.05, 0) is 38.4 Å². The van der Waals surface area contributed by atoms with Crippen molar-refractivity contribution in [3.63, 3.8) is 0 Å². The molecule has 1 aromatic carbocycles. The van der Waals surface area contributed by atoms with Gasteiger partial charge in [0.05, 0.1) is 22.8 Å². The van der Waals surface area contributed by atoms with Crippen LogP contribution < -0.4 is 0 Å². The highest BCUT2D eigenvalue weighted by molar-refractivity contribution is 5.76. The summed E-state index contributed by atoms with van der Waals surface area (Å²) in [4.78, 5) is 7.39. The Hall–Kier alpha value is -2.14. The third kappa shape index (κ3) is 2.22. The SMILES string of the molecule is CCn1c(C2CCCN2Cc2ccon2)nc2ccccc21. The van der Waals surface area contributed by atoms with Crippen LogP contribution in [0.2, 0.25) is 0 Å². The van der Waals surface area contributed by atoms with Gasteiger partial charge in [-0.1, -0.05) is 17.3 Å². The molecule has 3 aromatic rings. The quantitative estimate of drug-likeness (QED) is 0.740. The number of aryl methyl sites for hydroxylation is 1. The van der Waals surface area contributed by atoms with Gasteiger partial charge < -0.3 is 9.09 Å². The first-order valence-electron chi connectivity index (χ1n) is 7.95. The number of nitrogens with zero attached hydrogens (tertiary/aromatic N) is 4. The van der Waals surface area contributed by atoms with Gasteiger partial charge in [0.1, 0.15) is 12.1 Å². The van der Waals surface area contributed by atoms with E-state index in [1.807, 2.05) is 6.07 Å². The average molecular weight is 296 g/mol. The van der Waals surface area contributed by atoms with Crippen LogP contribution in [0.15, 0.2) is 41.1 Å². The van der Waals surface area contributed by atoms with E-state index >= 15 is 0 Å². The molecule has 0 amide bonds. The Morgan fingerprint density at radius 1 is 1.27 bits per heavy atom. The maximum absolute atomic E-state index is 4.96. The van der Waals surface area contributed by atoms with Crippen LogP contribution in [0.3, 0.4) is 0 Å². The number of fused-ring (bicyclic) bond motifs is 1. The van der Waals surface area contributed by atoms with E-state index in [2.05, 4.69) is 45.8 Å². The number of rotatable bonds is 4. The fraction of sp³-hybridized carbons (Fsp3) is 0.412. The molecule has 0 saturated carbocycles. The molecule has 1 fully saturated rings. The van der Waals surface area contributed by atoms with Crippen molar-refractivity contribution in [3.8, 4) is 0 Å². The first kappa shape index (κ1) is 13.5. The zero-order valence-corrected chi connectivity index (χ0v) is 12.8. The second-order valence-electron chi connectivity index (χ2n) is 5.82. The topological polar surface area (TPSA) is 47.1 Å². The smallest absolute Gasteiger partial charge is 0.127 e. The molecule has 22 heavy (non-hydrogen) atoms. The van der Waals surface area contributed by atoms with Crippen molar-refractivity contribution < 1.29 is 4.52 Å². The minimum atomic E-state index is 0.365. The Kier molecular flexibility index (Phi) is 3.42. The van der Waals surface area contributed by atoms with Gasteiger partial charge in [-0.2, -0.15) is 0 Å². The summed E-state index contributed by atoms with van der Waals surface area (Å²) in [6, 6.07) is 10.7. The number of imidazole rings is 1. The van der Waals surface area contributed by atoms with Gasteiger partial charge >= 0.3 is 0 Å². The van der Waals surface area contributed by atoms with Crippen molar-refractivity contribution in [1.29, 1.82) is 0 Å². The number of aromatic nitrogens is 3. The molecule has 114 valence electrons. The molecular formula is C17H20N4O. The summed E-state index contributed by atoms with van der Waals surface area (Å²) >= 11 is 0. The predicted molar refractivity (Wildman–Crippen MR) is 84.3 cm³/mol. The second-order valence-corrected chi connectivity index (χ2v) is 5.82. The second kappa shape index (κ2) is 5.57. The highest BCUT2D eigenvalue weighted by atomic mass is 16.5. The van der Waals surface area contributed by atoms with Crippen molar-refractivity contribution >= 4 is 11.0 Å². The van der Waals surface area contributed by atoms with Gasteiger partial charge in [-0.25, -0.2) is 4.98 Å². The summed E-state index contributed by atoms with van der Waals surface area (Å²) in [6.45, 7) is 5.05. The first-order chi connectivity index (χ1) is 10.9. The normalized spacial score (nSPS) is 19.2. The molecule has 2 aromatic heterocycles. The molecule has 3 heterocycles. The van der Waals surface area contributed by atoms with E-state index in [9.17, 15) is 0 Å². The molecule has 1 aliphatic rings. The van der Waals surface area contributed by atoms with Crippen LogP contribution in [-0.4, -0.2) is 26.2 Å². The molecule has 0 N–H and O–H groups in total. The molecule has 1 atom stereocenters. The monoisotopic (exact) mass is 296 g/mol. The average Bonchev–Trinajstić information content (AvgIpc) is 3.26. The summed E-state index contributed by atoms with van der Waals surface area (Å²) in [5, 5.41) is 4.05.